The maximum Gasteiger partial charge on any atom is 0.163 e. The number of benzene rings is 2. The number of rotatable bonds is 2. The van der Waals surface area contributed by atoms with E-state index in [2.05, 4.69) is 9.88 Å². The molecule has 3 aromatic rings. The average molecular weight is 384 g/mol. The number of ether oxygens (including phenoxy) is 2. The van der Waals surface area contributed by atoms with E-state index < -0.39 is 9.84 Å². The minimum absolute atomic E-state index is 0.118. The zero-order valence-corrected chi connectivity index (χ0v) is 15.8. The lowest BCUT2D eigenvalue weighted by Crippen LogP contribution is -2.19. The first-order chi connectivity index (χ1) is 13.0. The van der Waals surface area contributed by atoms with Gasteiger partial charge < -0.3 is 19.4 Å². The van der Waals surface area contributed by atoms with Crippen molar-refractivity contribution in [3.05, 3.63) is 47.7 Å². The van der Waals surface area contributed by atoms with Crippen LogP contribution in [0, 0.1) is 0 Å². The summed E-state index contributed by atoms with van der Waals surface area (Å²) in [5, 5.41) is 4.39. The molecule has 2 aliphatic heterocycles. The van der Waals surface area contributed by atoms with Gasteiger partial charge in [-0.1, -0.05) is 0 Å². The van der Waals surface area contributed by atoms with Crippen molar-refractivity contribution >= 4 is 32.1 Å². The molecule has 0 unspecified atom stereocenters. The Bertz CT molecular complexity index is 1160. The molecule has 0 bridgehead atoms. The maximum absolute atomic E-state index is 12.1. The van der Waals surface area contributed by atoms with Gasteiger partial charge >= 0.3 is 0 Å². The van der Waals surface area contributed by atoms with Crippen molar-refractivity contribution in [1.29, 1.82) is 0 Å². The highest BCUT2D eigenvalue weighted by molar-refractivity contribution is 7.90. The molecule has 1 aromatic heterocycles. The molecule has 0 radical (unpaired) electrons. The van der Waals surface area contributed by atoms with E-state index in [-0.39, 0.29) is 11.5 Å². The summed E-state index contributed by atoms with van der Waals surface area (Å²) in [5.74, 6) is 1.83. The molecule has 0 saturated heterocycles. The fourth-order valence-electron chi connectivity index (χ4n) is 3.96. The zero-order chi connectivity index (χ0) is 18.6. The normalized spacial score (nSPS) is 17.5. The van der Waals surface area contributed by atoms with Crippen LogP contribution in [0.4, 0.5) is 11.4 Å². The molecule has 3 heterocycles. The largest absolute Gasteiger partial charge is 0.486 e. The van der Waals surface area contributed by atoms with Gasteiger partial charge in [0.25, 0.3) is 0 Å². The summed E-state index contributed by atoms with van der Waals surface area (Å²) in [5.41, 5.74) is 4.93. The molecule has 5 rings (SSSR count). The molecule has 0 spiro atoms. The van der Waals surface area contributed by atoms with Gasteiger partial charge in [0.2, 0.25) is 0 Å². The minimum atomic E-state index is -3.02. The van der Waals surface area contributed by atoms with E-state index in [1.807, 2.05) is 43.4 Å². The Morgan fingerprint density at radius 1 is 1.00 bits per heavy atom. The third kappa shape index (κ3) is 2.82. The second kappa shape index (κ2) is 5.92. The van der Waals surface area contributed by atoms with Crippen LogP contribution in [-0.2, 0) is 29.1 Å². The molecule has 0 atom stereocenters. The maximum atomic E-state index is 12.1. The van der Waals surface area contributed by atoms with Crippen LogP contribution in [0.3, 0.4) is 0 Å². The number of nitrogens with zero attached hydrogens (tertiary/aromatic N) is 1. The summed E-state index contributed by atoms with van der Waals surface area (Å²) in [4.78, 5) is 0. The second-order valence-corrected chi connectivity index (χ2v) is 9.23. The summed E-state index contributed by atoms with van der Waals surface area (Å²) in [6.45, 7) is 1.12. The summed E-state index contributed by atoms with van der Waals surface area (Å²) >= 11 is 0. The quantitative estimate of drug-likeness (QED) is 0.735. The average Bonchev–Trinajstić information content (AvgIpc) is 2.92. The fourth-order valence-corrected chi connectivity index (χ4v) is 5.37. The third-order valence-electron chi connectivity index (χ3n) is 5.28. The molecule has 0 fully saturated rings. The SMILES string of the molecule is Cn1c2c(c3cc(Nc4ccc5c(c4)OCCO5)ccc31)CS(=O)(=O)CC2. The van der Waals surface area contributed by atoms with Crippen LogP contribution in [0.2, 0.25) is 0 Å². The predicted octanol–water partition coefficient (Wildman–Crippen LogP) is 3.16. The molecule has 6 nitrogen and oxygen atoms in total. The molecule has 140 valence electrons. The molecular weight excluding hydrogens is 364 g/mol. The van der Waals surface area contributed by atoms with Crippen molar-refractivity contribution < 1.29 is 17.9 Å². The molecule has 1 N–H and O–H groups in total. The first-order valence-electron chi connectivity index (χ1n) is 8.97. The Balaban J connectivity index is 1.53. The van der Waals surface area contributed by atoms with Crippen molar-refractivity contribution in [2.24, 2.45) is 7.05 Å². The number of hydrogen-bond donors (Lipinski definition) is 1. The van der Waals surface area contributed by atoms with Gasteiger partial charge in [0.05, 0.1) is 11.5 Å². The molecule has 2 aromatic carbocycles. The monoisotopic (exact) mass is 384 g/mol. The Labute approximate surface area is 157 Å². The van der Waals surface area contributed by atoms with Gasteiger partial charge in [-0.25, -0.2) is 8.42 Å². The lowest BCUT2D eigenvalue weighted by molar-refractivity contribution is 0.171. The Morgan fingerprint density at radius 2 is 1.74 bits per heavy atom. The van der Waals surface area contributed by atoms with Crippen molar-refractivity contribution in [3.63, 3.8) is 0 Å². The molecule has 2 aliphatic rings. The highest BCUT2D eigenvalue weighted by Crippen LogP contribution is 2.36. The van der Waals surface area contributed by atoms with Gasteiger partial charge in [0.1, 0.15) is 13.2 Å². The van der Waals surface area contributed by atoms with Crippen LogP contribution in [0.5, 0.6) is 11.5 Å². The van der Waals surface area contributed by atoms with Crippen LogP contribution in [0.1, 0.15) is 11.3 Å². The van der Waals surface area contributed by atoms with Crippen molar-refractivity contribution in [2.75, 3.05) is 24.3 Å². The van der Waals surface area contributed by atoms with E-state index in [0.717, 1.165) is 45.0 Å². The van der Waals surface area contributed by atoms with Gasteiger partial charge in [-0.15, -0.1) is 0 Å². The third-order valence-corrected chi connectivity index (χ3v) is 6.84. The van der Waals surface area contributed by atoms with Gasteiger partial charge in [0.15, 0.2) is 21.3 Å². The first-order valence-corrected chi connectivity index (χ1v) is 10.8. The van der Waals surface area contributed by atoms with Crippen LogP contribution in [0.15, 0.2) is 36.4 Å². The van der Waals surface area contributed by atoms with Crippen LogP contribution in [0.25, 0.3) is 10.9 Å². The first kappa shape index (κ1) is 16.5. The van der Waals surface area contributed by atoms with E-state index in [1.54, 1.807) is 0 Å². The Morgan fingerprint density at radius 3 is 2.59 bits per heavy atom. The number of anilines is 2. The summed E-state index contributed by atoms with van der Waals surface area (Å²) in [7, 11) is -1.01. The minimum Gasteiger partial charge on any atom is -0.486 e. The van der Waals surface area contributed by atoms with Crippen LogP contribution < -0.4 is 14.8 Å². The summed E-state index contributed by atoms with van der Waals surface area (Å²) < 4.78 is 37.6. The van der Waals surface area contributed by atoms with Gasteiger partial charge in [-0.2, -0.15) is 0 Å². The van der Waals surface area contributed by atoms with Gasteiger partial charge in [0, 0.05) is 47.5 Å². The van der Waals surface area contributed by atoms with Crippen molar-refractivity contribution in [2.45, 2.75) is 12.2 Å². The Kier molecular flexibility index (Phi) is 3.62. The molecule has 0 saturated carbocycles. The number of nitrogens with one attached hydrogen (secondary N) is 1. The topological polar surface area (TPSA) is 69.6 Å². The van der Waals surface area contributed by atoms with E-state index in [4.69, 9.17) is 9.47 Å². The molecular formula is C20H20N2O4S. The molecule has 0 aliphatic carbocycles. The number of fused-ring (bicyclic) bond motifs is 4. The van der Waals surface area contributed by atoms with E-state index in [9.17, 15) is 8.42 Å². The number of aryl methyl sites for hydroxylation is 1. The summed E-state index contributed by atoms with van der Waals surface area (Å²) in [6, 6.07) is 11.9. The van der Waals surface area contributed by atoms with Crippen molar-refractivity contribution in [1.82, 2.24) is 4.57 Å². The van der Waals surface area contributed by atoms with Gasteiger partial charge in [-0.05, 0) is 35.9 Å². The van der Waals surface area contributed by atoms with E-state index in [1.165, 1.54) is 0 Å². The number of hydrogen-bond acceptors (Lipinski definition) is 5. The lowest BCUT2D eigenvalue weighted by Gasteiger charge is -2.19. The Hall–Kier alpha value is -2.67. The fraction of sp³-hybridized carbons (Fsp3) is 0.300. The highest BCUT2D eigenvalue weighted by Gasteiger charge is 2.26. The molecule has 0 amide bonds. The molecule has 7 heteroatoms. The van der Waals surface area contributed by atoms with Crippen LogP contribution in [-0.4, -0.2) is 32.0 Å². The standard InChI is InChI=1S/C20H20N2O4S/c1-22-17-4-2-13(10-15(17)16-12-27(23,24)9-6-18(16)22)21-14-3-5-19-20(11-14)26-8-7-25-19/h2-5,10-11,21H,6-9,12H2,1H3. The number of aromatic nitrogens is 1. The van der Waals surface area contributed by atoms with Crippen LogP contribution >= 0.6 is 0 Å². The lowest BCUT2D eigenvalue weighted by atomic mass is 10.1. The van der Waals surface area contributed by atoms with E-state index in [0.29, 0.717) is 19.6 Å². The second-order valence-electron chi connectivity index (χ2n) is 7.04. The molecule has 27 heavy (non-hydrogen) atoms. The smallest absolute Gasteiger partial charge is 0.163 e. The predicted molar refractivity (Wildman–Crippen MR) is 105 cm³/mol. The summed E-state index contributed by atoms with van der Waals surface area (Å²) in [6.07, 6.45) is 0.577. The van der Waals surface area contributed by atoms with Gasteiger partial charge in [-0.3, -0.25) is 0 Å². The van der Waals surface area contributed by atoms with E-state index >= 15 is 0 Å². The zero-order valence-electron chi connectivity index (χ0n) is 15.0. The highest BCUT2D eigenvalue weighted by atomic mass is 32.2. The van der Waals surface area contributed by atoms with Crippen molar-refractivity contribution in [3.8, 4) is 11.5 Å². The number of sulfone groups is 1.